The van der Waals surface area contributed by atoms with Crippen LogP contribution in [-0.2, 0) is 26.2 Å². The van der Waals surface area contributed by atoms with Gasteiger partial charge in [-0.25, -0.2) is 8.42 Å². The number of rotatable bonds is 10. The van der Waals surface area contributed by atoms with Crippen LogP contribution in [0.4, 0.5) is 5.69 Å². The summed E-state index contributed by atoms with van der Waals surface area (Å²) in [6, 6.07) is 18.2. The zero-order chi connectivity index (χ0) is 29.7. The topological polar surface area (TPSA) is 96.0 Å². The number of carbonyl (C=O) groups is 2. The van der Waals surface area contributed by atoms with E-state index in [1.54, 1.807) is 55.5 Å². The molecule has 3 aromatic carbocycles. The molecule has 8 nitrogen and oxygen atoms in total. The van der Waals surface area contributed by atoms with Crippen molar-refractivity contribution in [2.75, 3.05) is 18.0 Å². The first-order valence-electron chi connectivity index (χ1n) is 12.5. The third kappa shape index (κ3) is 7.90. The van der Waals surface area contributed by atoms with Crippen LogP contribution in [0.2, 0.25) is 10.0 Å². The van der Waals surface area contributed by atoms with Gasteiger partial charge in [-0.05, 0) is 75.7 Å². The lowest BCUT2D eigenvalue weighted by molar-refractivity contribution is -0.140. The zero-order valence-electron chi connectivity index (χ0n) is 23.0. The number of amides is 2. The molecule has 0 aliphatic heterocycles. The Balaban J connectivity index is 2.09. The third-order valence-electron chi connectivity index (χ3n) is 5.95. The highest BCUT2D eigenvalue weighted by molar-refractivity contribution is 7.92. The zero-order valence-corrected chi connectivity index (χ0v) is 25.3. The maximum Gasteiger partial charge on any atom is 0.264 e. The van der Waals surface area contributed by atoms with E-state index in [2.05, 4.69) is 5.32 Å². The van der Waals surface area contributed by atoms with Crippen molar-refractivity contribution in [3.8, 4) is 5.75 Å². The molecule has 0 spiro atoms. The number of ether oxygens (including phenoxy) is 1. The van der Waals surface area contributed by atoms with Crippen molar-refractivity contribution in [1.82, 2.24) is 10.2 Å². The SMILES string of the molecule is COc1ccc(Cl)cc1N(CC(=O)N(Cc1ccc(Cl)cc1)C(C)C(=O)NC(C)(C)C)S(=O)(=O)c1ccccc1. The van der Waals surface area contributed by atoms with E-state index >= 15 is 0 Å². The fraction of sp³-hybridized carbons (Fsp3) is 0.310. The molecule has 3 aromatic rings. The summed E-state index contributed by atoms with van der Waals surface area (Å²) in [6.45, 7) is 6.54. The standard InChI is InChI=1S/C29H33Cl2N3O5S/c1-20(28(36)32-29(2,3)4)33(18-21-11-13-22(30)14-12-21)27(35)19-34(25-17-23(31)15-16-26(25)39-5)40(37,38)24-9-7-6-8-10-24/h6-17,20H,18-19H2,1-5H3,(H,32,36). The summed E-state index contributed by atoms with van der Waals surface area (Å²) in [7, 11) is -2.86. The number of methoxy groups -OCH3 is 1. The molecule has 0 saturated heterocycles. The van der Waals surface area contributed by atoms with E-state index in [-0.39, 0.29) is 33.8 Å². The molecule has 0 saturated carbocycles. The summed E-state index contributed by atoms with van der Waals surface area (Å²) < 4.78 is 34.2. The molecule has 2 amide bonds. The largest absolute Gasteiger partial charge is 0.495 e. The predicted molar refractivity (Wildman–Crippen MR) is 158 cm³/mol. The minimum atomic E-state index is -4.26. The molecule has 1 N–H and O–H groups in total. The minimum Gasteiger partial charge on any atom is -0.495 e. The average molecular weight is 607 g/mol. The Kier molecular flexibility index (Phi) is 10.1. The minimum absolute atomic E-state index is 0.0207. The normalized spacial score (nSPS) is 12.4. The Bertz CT molecular complexity index is 1440. The lowest BCUT2D eigenvalue weighted by Gasteiger charge is -2.33. The fourth-order valence-electron chi connectivity index (χ4n) is 3.93. The fourth-order valence-corrected chi connectivity index (χ4v) is 5.66. The Hall–Kier alpha value is -3.27. The van der Waals surface area contributed by atoms with Crippen molar-refractivity contribution < 1.29 is 22.7 Å². The van der Waals surface area contributed by atoms with Crippen molar-refractivity contribution >= 4 is 50.7 Å². The number of hydrogen-bond donors (Lipinski definition) is 1. The lowest BCUT2D eigenvalue weighted by Crippen LogP contribution is -2.54. The summed E-state index contributed by atoms with van der Waals surface area (Å²) in [5.74, 6) is -0.778. The third-order valence-corrected chi connectivity index (χ3v) is 8.21. The second-order valence-electron chi connectivity index (χ2n) is 10.2. The van der Waals surface area contributed by atoms with Gasteiger partial charge in [0.1, 0.15) is 18.3 Å². The quantitative estimate of drug-likeness (QED) is 0.328. The van der Waals surface area contributed by atoms with Gasteiger partial charge in [-0.1, -0.05) is 53.5 Å². The maximum atomic E-state index is 14.0. The van der Waals surface area contributed by atoms with E-state index in [1.807, 2.05) is 20.8 Å². The summed E-state index contributed by atoms with van der Waals surface area (Å²) >= 11 is 12.3. The Morgan fingerprint density at radius 1 is 0.950 bits per heavy atom. The van der Waals surface area contributed by atoms with Gasteiger partial charge in [0.15, 0.2) is 0 Å². The van der Waals surface area contributed by atoms with Crippen LogP contribution in [0.25, 0.3) is 0 Å². The molecule has 0 aromatic heterocycles. The van der Waals surface area contributed by atoms with E-state index in [4.69, 9.17) is 27.9 Å². The Morgan fingerprint density at radius 2 is 1.55 bits per heavy atom. The molecule has 0 heterocycles. The van der Waals surface area contributed by atoms with Crippen molar-refractivity contribution in [3.05, 3.63) is 88.4 Å². The number of halogens is 2. The molecule has 11 heteroatoms. The summed E-state index contributed by atoms with van der Waals surface area (Å²) in [4.78, 5) is 28.5. The van der Waals surface area contributed by atoms with E-state index in [0.717, 1.165) is 4.31 Å². The van der Waals surface area contributed by atoms with E-state index in [9.17, 15) is 18.0 Å². The van der Waals surface area contributed by atoms with Gasteiger partial charge < -0.3 is 15.0 Å². The van der Waals surface area contributed by atoms with Crippen LogP contribution in [0.1, 0.15) is 33.3 Å². The molecule has 214 valence electrons. The van der Waals surface area contributed by atoms with Crippen molar-refractivity contribution in [2.24, 2.45) is 0 Å². The smallest absolute Gasteiger partial charge is 0.264 e. The Labute approximate surface area is 245 Å². The number of nitrogens with one attached hydrogen (secondary N) is 1. The molecule has 0 bridgehead atoms. The van der Waals surface area contributed by atoms with E-state index in [1.165, 1.54) is 36.3 Å². The number of carbonyl (C=O) groups excluding carboxylic acids is 2. The molecule has 0 aliphatic carbocycles. The Morgan fingerprint density at radius 3 is 2.12 bits per heavy atom. The van der Waals surface area contributed by atoms with Gasteiger partial charge in [-0.2, -0.15) is 0 Å². The van der Waals surface area contributed by atoms with Crippen LogP contribution in [-0.4, -0.2) is 50.4 Å². The summed E-state index contributed by atoms with van der Waals surface area (Å²) in [6.07, 6.45) is 0. The van der Waals surface area contributed by atoms with Crippen LogP contribution >= 0.6 is 23.2 Å². The first-order chi connectivity index (χ1) is 18.7. The van der Waals surface area contributed by atoms with Gasteiger partial charge in [0.25, 0.3) is 10.0 Å². The van der Waals surface area contributed by atoms with E-state index < -0.39 is 34.1 Å². The van der Waals surface area contributed by atoms with Crippen LogP contribution < -0.4 is 14.4 Å². The van der Waals surface area contributed by atoms with E-state index in [0.29, 0.717) is 10.6 Å². The molecular formula is C29H33Cl2N3O5S. The average Bonchev–Trinajstić information content (AvgIpc) is 2.90. The van der Waals surface area contributed by atoms with Crippen LogP contribution in [0.5, 0.6) is 5.75 Å². The first kappa shape index (κ1) is 31.3. The molecule has 40 heavy (non-hydrogen) atoms. The number of sulfonamides is 1. The highest BCUT2D eigenvalue weighted by Crippen LogP contribution is 2.35. The second-order valence-corrected chi connectivity index (χ2v) is 12.9. The molecule has 0 fully saturated rings. The number of anilines is 1. The van der Waals surface area contributed by atoms with Gasteiger partial charge in [-0.15, -0.1) is 0 Å². The monoisotopic (exact) mass is 605 g/mol. The highest BCUT2D eigenvalue weighted by atomic mass is 35.5. The maximum absolute atomic E-state index is 14.0. The van der Waals surface area contributed by atoms with Crippen LogP contribution in [0.15, 0.2) is 77.7 Å². The van der Waals surface area contributed by atoms with Gasteiger partial charge in [0.05, 0.1) is 17.7 Å². The number of nitrogens with zero attached hydrogens (tertiary/aromatic N) is 2. The molecule has 0 aliphatic rings. The van der Waals surface area contributed by atoms with Crippen LogP contribution in [0.3, 0.4) is 0 Å². The van der Waals surface area contributed by atoms with Crippen molar-refractivity contribution in [2.45, 2.75) is 50.7 Å². The molecular weight excluding hydrogens is 573 g/mol. The second kappa shape index (κ2) is 12.9. The van der Waals surface area contributed by atoms with Crippen molar-refractivity contribution in [3.63, 3.8) is 0 Å². The van der Waals surface area contributed by atoms with Gasteiger partial charge in [0, 0.05) is 22.1 Å². The summed E-state index contributed by atoms with van der Waals surface area (Å²) in [5.41, 5.74) is 0.258. The lowest BCUT2D eigenvalue weighted by atomic mass is 10.1. The van der Waals surface area contributed by atoms with Crippen LogP contribution in [0, 0.1) is 0 Å². The van der Waals surface area contributed by atoms with Gasteiger partial charge >= 0.3 is 0 Å². The molecule has 3 rings (SSSR count). The van der Waals surface area contributed by atoms with Gasteiger partial charge in [-0.3, -0.25) is 13.9 Å². The van der Waals surface area contributed by atoms with Gasteiger partial charge in [0.2, 0.25) is 11.8 Å². The number of benzene rings is 3. The summed E-state index contributed by atoms with van der Waals surface area (Å²) in [5, 5.41) is 3.67. The van der Waals surface area contributed by atoms with Crippen molar-refractivity contribution in [1.29, 1.82) is 0 Å². The number of hydrogen-bond acceptors (Lipinski definition) is 5. The molecule has 1 atom stereocenters. The predicted octanol–water partition coefficient (Wildman–Crippen LogP) is 5.53. The first-order valence-corrected chi connectivity index (χ1v) is 14.7. The molecule has 1 unspecified atom stereocenters. The highest BCUT2D eigenvalue weighted by Gasteiger charge is 2.34. The molecule has 0 radical (unpaired) electrons.